The Labute approximate surface area is 210 Å². The van der Waals surface area contributed by atoms with Crippen LogP contribution in [-0.4, -0.2) is 25.1 Å². The molecular formula is C28H17ClN4O3. The van der Waals surface area contributed by atoms with Gasteiger partial charge in [0, 0.05) is 16.7 Å². The van der Waals surface area contributed by atoms with Crippen LogP contribution in [0.4, 0.5) is 0 Å². The van der Waals surface area contributed by atoms with Gasteiger partial charge in [-0.1, -0.05) is 72.3 Å². The van der Waals surface area contributed by atoms with Crippen molar-refractivity contribution in [2.75, 3.05) is 0 Å². The quantitative estimate of drug-likeness (QED) is 0.144. The van der Waals surface area contributed by atoms with Gasteiger partial charge in [0.2, 0.25) is 0 Å². The normalized spacial score (nSPS) is 11.1. The van der Waals surface area contributed by atoms with Crippen molar-refractivity contribution < 1.29 is 14.6 Å². The molecule has 0 saturated heterocycles. The molecule has 4 aromatic carbocycles. The number of ether oxygens (including phenoxy) is 1. The number of carbonyl (C=O) groups excluding carboxylic acids is 1. The third kappa shape index (κ3) is 3.49. The summed E-state index contributed by atoms with van der Waals surface area (Å²) in [5.74, 6) is -0.775. The molecular weight excluding hydrogens is 476 g/mol. The van der Waals surface area contributed by atoms with E-state index in [4.69, 9.17) is 16.3 Å². The third-order valence-corrected chi connectivity index (χ3v) is 6.18. The molecule has 2 aromatic heterocycles. The highest BCUT2D eigenvalue weighted by atomic mass is 35.5. The topological polar surface area (TPSA) is 84.1 Å². The summed E-state index contributed by atoms with van der Waals surface area (Å²) in [6.45, 7) is 0. The van der Waals surface area contributed by atoms with Gasteiger partial charge in [0.05, 0.1) is 0 Å². The van der Waals surface area contributed by atoms with Crippen LogP contribution in [-0.2, 0) is 4.79 Å². The maximum absolute atomic E-state index is 13.1. The third-order valence-electron chi connectivity index (χ3n) is 5.94. The highest BCUT2D eigenvalue weighted by Crippen LogP contribution is 2.34. The molecule has 0 aliphatic carbocycles. The van der Waals surface area contributed by atoms with Crippen molar-refractivity contribution in [2.24, 2.45) is 0 Å². The number of phenolic OH excluding ortho intramolecular Hbond substituents is 1. The van der Waals surface area contributed by atoms with Crippen LogP contribution in [0, 0.1) is 11.3 Å². The average molecular weight is 493 g/mol. The summed E-state index contributed by atoms with van der Waals surface area (Å²) in [6.07, 6.45) is 0. The monoisotopic (exact) mass is 492 g/mol. The van der Waals surface area contributed by atoms with Crippen molar-refractivity contribution in [3.63, 3.8) is 0 Å². The number of carbonyl (C=O) groups is 1. The molecule has 36 heavy (non-hydrogen) atoms. The predicted molar refractivity (Wildman–Crippen MR) is 136 cm³/mol. The number of benzene rings is 4. The van der Waals surface area contributed by atoms with Crippen molar-refractivity contribution in [3.05, 3.63) is 119 Å². The Hall–Kier alpha value is -4.93. The SMILES string of the molecule is N#CC(C(=O)Oc1ccc(-n2n3c4ccc(Cl)cc4n23)c(O)c1)=C(c1ccccc1)c1ccccc1. The van der Waals surface area contributed by atoms with Gasteiger partial charge in [-0.15, -0.1) is 14.1 Å². The molecule has 0 aliphatic rings. The fourth-order valence-corrected chi connectivity index (χ4v) is 4.45. The fourth-order valence-electron chi connectivity index (χ4n) is 4.28. The number of aromatic nitrogens is 3. The van der Waals surface area contributed by atoms with Gasteiger partial charge >= 0.3 is 5.97 Å². The van der Waals surface area contributed by atoms with E-state index in [0.29, 0.717) is 16.3 Å². The van der Waals surface area contributed by atoms with E-state index in [1.807, 2.05) is 88.1 Å². The lowest BCUT2D eigenvalue weighted by Gasteiger charge is -2.12. The van der Waals surface area contributed by atoms with E-state index in [-0.39, 0.29) is 17.1 Å². The Morgan fingerprint density at radius 3 is 2.08 bits per heavy atom. The maximum atomic E-state index is 13.1. The average Bonchev–Trinajstić information content (AvgIpc) is 3.55. The van der Waals surface area contributed by atoms with Crippen LogP contribution in [0.5, 0.6) is 11.5 Å². The van der Waals surface area contributed by atoms with Crippen molar-refractivity contribution in [3.8, 4) is 23.3 Å². The predicted octanol–water partition coefficient (Wildman–Crippen LogP) is 5.71. The molecule has 0 aliphatic heterocycles. The zero-order valence-electron chi connectivity index (χ0n) is 18.7. The number of halogens is 1. The van der Waals surface area contributed by atoms with Gasteiger partial charge in [-0.05, 0) is 41.5 Å². The second kappa shape index (κ2) is 8.38. The van der Waals surface area contributed by atoms with Crippen molar-refractivity contribution in [1.82, 2.24) is 14.1 Å². The minimum absolute atomic E-state index is 0.0828. The van der Waals surface area contributed by atoms with Crippen LogP contribution in [0.15, 0.2) is 103 Å². The minimum atomic E-state index is -0.811. The number of hydrogen-bond donors (Lipinski definition) is 1. The Morgan fingerprint density at radius 1 is 0.833 bits per heavy atom. The summed E-state index contributed by atoms with van der Waals surface area (Å²) in [6, 6.07) is 30.6. The summed E-state index contributed by atoms with van der Waals surface area (Å²) >= 11 is 6.08. The number of rotatable bonds is 5. The van der Waals surface area contributed by atoms with E-state index >= 15 is 0 Å². The first kappa shape index (κ1) is 21.6. The van der Waals surface area contributed by atoms with Crippen LogP contribution in [0.2, 0.25) is 5.02 Å². The van der Waals surface area contributed by atoms with Gasteiger partial charge in [0.15, 0.2) is 0 Å². The van der Waals surface area contributed by atoms with E-state index in [2.05, 4.69) is 0 Å². The van der Waals surface area contributed by atoms with Gasteiger partial charge < -0.3 is 9.84 Å². The molecule has 0 fully saturated rings. The highest BCUT2D eigenvalue weighted by molar-refractivity contribution is 6.31. The molecule has 7 nitrogen and oxygen atoms in total. The molecule has 0 saturated carbocycles. The fraction of sp³-hybridized carbons (Fsp3) is 0. The Bertz CT molecular complexity index is 1760. The van der Waals surface area contributed by atoms with Gasteiger partial charge in [0.25, 0.3) is 0 Å². The second-order valence-corrected chi connectivity index (χ2v) is 8.57. The minimum Gasteiger partial charge on any atom is -0.505 e. The lowest BCUT2D eigenvalue weighted by atomic mass is 9.93. The molecule has 174 valence electrons. The van der Waals surface area contributed by atoms with Gasteiger partial charge in [-0.3, -0.25) is 0 Å². The molecule has 0 bridgehead atoms. The molecule has 2 heterocycles. The summed E-state index contributed by atoms with van der Waals surface area (Å²) in [4.78, 5) is 14.9. The van der Waals surface area contributed by atoms with Crippen LogP contribution in [0.3, 0.4) is 0 Å². The van der Waals surface area contributed by atoms with E-state index in [0.717, 1.165) is 22.2 Å². The number of phenols is 1. The maximum Gasteiger partial charge on any atom is 0.354 e. The molecule has 6 rings (SSSR count). The second-order valence-electron chi connectivity index (χ2n) is 8.14. The molecule has 8 heteroatoms. The van der Waals surface area contributed by atoms with Gasteiger partial charge in [-0.25, -0.2) is 4.79 Å². The van der Waals surface area contributed by atoms with Crippen molar-refractivity contribution >= 4 is 34.2 Å². The summed E-state index contributed by atoms with van der Waals surface area (Å²) in [5, 5.41) is 21.2. The number of aromatic hydroxyl groups is 1. The Morgan fingerprint density at radius 2 is 1.47 bits per heavy atom. The lowest BCUT2D eigenvalue weighted by molar-refractivity contribution is -0.129. The first-order chi connectivity index (χ1) is 17.6. The molecule has 0 unspecified atom stereocenters. The summed E-state index contributed by atoms with van der Waals surface area (Å²) < 4.78 is 9.25. The first-order valence-electron chi connectivity index (χ1n) is 11.1. The molecule has 1 N–H and O–H groups in total. The first-order valence-corrected chi connectivity index (χ1v) is 11.4. The van der Waals surface area contributed by atoms with Gasteiger partial charge in [0.1, 0.15) is 39.9 Å². The van der Waals surface area contributed by atoms with Crippen molar-refractivity contribution in [1.29, 1.82) is 5.26 Å². The molecule has 0 amide bonds. The number of esters is 1. The van der Waals surface area contributed by atoms with E-state index in [9.17, 15) is 15.2 Å². The van der Waals surface area contributed by atoms with E-state index < -0.39 is 5.97 Å². The van der Waals surface area contributed by atoms with E-state index in [1.54, 1.807) is 23.0 Å². The summed E-state index contributed by atoms with van der Waals surface area (Å²) in [7, 11) is 0. The molecule has 0 spiro atoms. The Kier molecular flexibility index (Phi) is 5.03. The number of hydrogen-bond acceptors (Lipinski definition) is 4. The number of fused-ring (bicyclic) bond motifs is 4. The number of nitrogens with zero attached hydrogens (tertiary/aromatic N) is 4. The molecule has 0 atom stereocenters. The molecule has 0 radical (unpaired) electrons. The standard InChI is InChI=1S/C28H17ClN4O3/c29-20-11-13-23-25(15-20)33-31(23)32(33)24-14-12-21(16-26(24)34)36-28(35)22(17-30)27(18-7-3-1-4-8-18)19-9-5-2-6-10-19/h1-16,34H. The number of nitriles is 1. The van der Waals surface area contributed by atoms with Crippen LogP contribution >= 0.6 is 11.6 Å². The Balaban J connectivity index is 1.34. The largest absolute Gasteiger partial charge is 0.505 e. The van der Waals surface area contributed by atoms with Gasteiger partial charge in [-0.2, -0.15) is 5.26 Å². The zero-order valence-corrected chi connectivity index (χ0v) is 19.4. The smallest absolute Gasteiger partial charge is 0.354 e. The molecule has 6 aromatic rings. The lowest BCUT2D eigenvalue weighted by Crippen LogP contribution is -2.13. The van der Waals surface area contributed by atoms with Crippen molar-refractivity contribution in [2.45, 2.75) is 0 Å². The zero-order chi connectivity index (χ0) is 24.8. The van der Waals surface area contributed by atoms with Crippen LogP contribution in [0.1, 0.15) is 11.1 Å². The highest BCUT2D eigenvalue weighted by Gasteiger charge is 2.26. The van der Waals surface area contributed by atoms with Crippen LogP contribution < -0.4 is 4.74 Å². The van der Waals surface area contributed by atoms with E-state index in [1.165, 1.54) is 6.07 Å². The van der Waals surface area contributed by atoms with Crippen LogP contribution in [0.25, 0.3) is 22.3 Å². The summed E-state index contributed by atoms with van der Waals surface area (Å²) in [5.41, 5.74) is 4.17.